The molecule has 1 amide bonds. The maximum Gasteiger partial charge on any atom is 0.320 e. The summed E-state index contributed by atoms with van der Waals surface area (Å²) in [6, 6.07) is -0.375. The predicted molar refractivity (Wildman–Crippen MR) is 94.8 cm³/mol. The van der Waals surface area contributed by atoms with Crippen molar-refractivity contribution in [2.45, 2.75) is 52.0 Å². The lowest BCUT2D eigenvalue weighted by Gasteiger charge is -2.39. The van der Waals surface area contributed by atoms with E-state index in [1.54, 1.807) is 0 Å². The molecular weight excluding hydrogens is 340 g/mol. The van der Waals surface area contributed by atoms with Gasteiger partial charge in [0.2, 0.25) is 0 Å². The molecule has 0 aliphatic carbocycles. The average molecular weight is 366 g/mol. The molecule has 2 aliphatic heterocycles. The summed E-state index contributed by atoms with van der Waals surface area (Å²) in [5.74, 6) is -0.688. The normalized spacial score (nSPS) is 23.3. The molecule has 2 aliphatic rings. The van der Waals surface area contributed by atoms with Gasteiger partial charge in [-0.2, -0.15) is 0 Å². The Kier molecular flexibility index (Phi) is 5.38. The highest BCUT2D eigenvalue weighted by Gasteiger charge is 2.48. The highest BCUT2D eigenvalue weighted by Crippen LogP contribution is 2.43. The number of hydrogen-bond donors (Lipinski definition) is 1. The fraction of sp³-hybridized carbons (Fsp3) is 0.765. The van der Waals surface area contributed by atoms with Crippen molar-refractivity contribution in [2.75, 3.05) is 26.2 Å². The zero-order chi connectivity index (χ0) is 18.0. The van der Waals surface area contributed by atoms with Gasteiger partial charge in [-0.25, -0.2) is 0 Å². The van der Waals surface area contributed by atoms with Crippen LogP contribution in [0.3, 0.4) is 0 Å². The molecule has 1 N–H and O–H groups in total. The van der Waals surface area contributed by atoms with Crippen molar-refractivity contribution in [2.24, 2.45) is 5.41 Å². The minimum Gasteiger partial charge on any atom is -0.480 e. The molecule has 25 heavy (non-hydrogen) atoms. The lowest BCUT2D eigenvalue weighted by molar-refractivity contribution is -0.142. The van der Waals surface area contributed by atoms with Crippen LogP contribution < -0.4 is 0 Å². The highest BCUT2D eigenvalue weighted by atomic mass is 32.1. The SMILES string of the molecule is CCCN1CC2(CCN(C(=O)c3snnc3CC)CC2)C[C@@H]1C(=O)O. The van der Waals surface area contributed by atoms with E-state index in [1.165, 1.54) is 11.5 Å². The molecule has 138 valence electrons. The van der Waals surface area contributed by atoms with Crippen LogP contribution in [-0.2, 0) is 11.2 Å². The number of aryl methyl sites for hydroxylation is 1. The van der Waals surface area contributed by atoms with Gasteiger partial charge < -0.3 is 10.0 Å². The molecule has 2 fully saturated rings. The second-order valence-electron chi connectivity index (χ2n) is 7.22. The molecule has 0 saturated carbocycles. The van der Waals surface area contributed by atoms with Crippen LogP contribution in [0, 0.1) is 5.41 Å². The maximum atomic E-state index is 12.7. The Bertz CT molecular complexity index is 640. The number of aromatic nitrogens is 2. The largest absolute Gasteiger partial charge is 0.480 e. The number of likely N-dealkylation sites (tertiary alicyclic amines) is 2. The monoisotopic (exact) mass is 366 g/mol. The number of nitrogens with zero attached hydrogens (tertiary/aromatic N) is 4. The minimum atomic E-state index is -0.716. The van der Waals surface area contributed by atoms with Crippen LogP contribution in [-0.4, -0.2) is 68.6 Å². The van der Waals surface area contributed by atoms with Crippen molar-refractivity contribution < 1.29 is 14.7 Å². The molecule has 0 aromatic carbocycles. The molecule has 0 radical (unpaired) electrons. The van der Waals surface area contributed by atoms with Crippen molar-refractivity contribution in [3.05, 3.63) is 10.6 Å². The third-order valence-corrected chi connectivity index (χ3v) is 6.35. The van der Waals surface area contributed by atoms with Crippen LogP contribution in [0.25, 0.3) is 0 Å². The van der Waals surface area contributed by atoms with Crippen LogP contribution in [0.5, 0.6) is 0 Å². The summed E-state index contributed by atoms with van der Waals surface area (Å²) in [7, 11) is 0. The Hall–Kier alpha value is -1.54. The van der Waals surface area contributed by atoms with E-state index in [4.69, 9.17) is 0 Å². The summed E-state index contributed by atoms with van der Waals surface area (Å²) in [4.78, 5) is 29.0. The summed E-state index contributed by atoms with van der Waals surface area (Å²) in [5.41, 5.74) is 0.811. The van der Waals surface area contributed by atoms with Crippen LogP contribution in [0.4, 0.5) is 0 Å². The zero-order valence-corrected chi connectivity index (χ0v) is 15.7. The Labute approximate surface area is 152 Å². The molecule has 1 spiro atoms. The first-order valence-corrected chi connectivity index (χ1v) is 9.84. The number of hydrogen-bond acceptors (Lipinski definition) is 6. The Morgan fingerprint density at radius 3 is 2.64 bits per heavy atom. The third kappa shape index (κ3) is 3.55. The van der Waals surface area contributed by atoms with E-state index < -0.39 is 5.97 Å². The summed E-state index contributed by atoms with van der Waals surface area (Å²) in [6.45, 7) is 7.10. The first-order chi connectivity index (χ1) is 12.0. The number of aliphatic carboxylic acids is 1. The van der Waals surface area contributed by atoms with Gasteiger partial charge in [-0.3, -0.25) is 14.5 Å². The molecule has 1 atom stereocenters. The molecule has 8 heteroatoms. The average Bonchev–Trinajstić information content (AvgIpc) is 3.20. The fourth-order valence-electron chi connectivity index (χ4n) is 4.20. The van der Waals surface area contributed by atoms with Gasteiger partial charge in [0.1, 0.15) is 10.9 Å². The van der Waals surface area contributed by atoms with E-state index in [0.717, 1.165) is 38.0 Å². The van der Waals surface area contributed by atoms with Crippen molar-refractivity contribution in [1.29, 1.82) is 0 Å². The van der Waals surface area contributed by atoms with Crippen LogP contribution in [0.15, 0.2) is 0 Å². The van der Waals surface area contributed by atoms with Gasteiger partial charge >= 0.3 is 5.97 Å². The molecule has 7 nitrogen and oxygen atoms in total. The van der Waals surface area contributed by atoms with Crippen molar-refractivity contribution >= 4 is 23.4 Å². The molecule has 3 rings (SSSR count). The molecule has 3 heterocycles. The van der Waals surface area contributed by atoms with Crippen LogP contribution in [0.2, 0.25) is 0 Å². The minimum absolute atomic E-state index is 0.0277. The van der Waals surface area contributed by atoms with Gasteiger partial charge in [-0.15, -0.1) is 5.10 Å². The molecule has 1 aromatic rings. The number of piperidine rings is 1. The Balaban J connectivity index is 1.65. The second-order valence-corrected chi connectivity index (χ2v) is 7.98. The van der Waals surface area contributed by atoms with E-state index in [-0.39, 0.29) is 17.4 Å². The predicted octanol–water partition coefficient (Wildman–Crippen LogP) is 1.89. The second kappa shape index (κ2) is 7.37. The molecule has 0 unspecified atom stereocenters. The lowest BCUT2D eigenvalue weighted by Crippen LogP contribution is -2.44. The maximum absolute atomic E-state index is 12.7. The first kappa shape index (κ1) is 18.3. The Morgan fingerprint density at radius 2 is 2.04 bits per heavy atom. The van der Waals surface area contributed by atoms with Gasteiger partial charge in [0.15, 0.2) is 0 Å². The number of amides is 1. The summed E-state index contributed by atoms with van der Waals surface area (Å²) in [5, 5.41) is 13.6. The van der Waals surface area contributed by atoms with E-state index in [2.05, 4.69) is 21.4 Å². The van der Waals surface area contributed by atoms with Gasteiger partial charge in [0.05, 0.1) is 5.69 Å². The number of carboxylic acid groups (broad SMARTS) is 1. The first-order valence-electron chi connectivity index (χ1n) is 9.07. The van der Waals surface area contributed by atoms with Crippen molar-refractivity contribution in [3.8, 4) is 0 Å². The highest BCUT2D eigenvalue weighted by molar-refractivity contribution is 7.08. The summed E-state index contributed by atoms with van der Waals surface area (Å²) < 4.78 is 3.91. The molecule has 2 saturated heterocycles. The fourth-order valence-corrected chi connectivity index (χ4v) is 4.92. The number of rotatable bonds is 5. The third-order valence-electron chi connectivity index (χ3n) is 5.60. The smallest absolute Gasteiger partial charge is 0.320 e. The number of carboxylic acids is 1. The van der Waals surface area contributed by atoms with Crippen LogP contribution >= 0.6 is 11.5 Å². The summed E-state index contributed by atoms with van der Waals surface area (Å²) >= 11 is 1.17. The van der Waals surface area contributed by atoms with Gasteiger partial charge in [0.25, 0.3) is 5.91 Å². The quantitative estimate of drug-likeness (QED) is 0.856. The molecule has 0 bridgehead atoms. The number of carbonyl (C=O) groups is 2. The standard InChI is InChI=1S/C17H26N4O3S/c1-3-7-21-11-17(10-13(21)16(23)24)5-8-20(9-6-17)15(22)14-12(4-2)18-19-25-14/h13H,3-11H2,1-2H3,(H,23,24)/t13-/m1/s1. The van der Waals surface area contributed by atoms with Gasteiger partial charge in [0, 0.05) is 19.6 Å². The zero-order valence-electron chi connectivity index (χ0n) is 14.9. The van der Waals surface area contributed by atoms with Crippen LogP contribution in [0.1, 0.15) is 54.9 Å². The Morgan fingerprint density at radius 1 is 1.32 bits per heavy atom. The summed E-state index contributed by atoms with van der Waals surface area (Å²) in [6.07, 6.45) is 4.11. The van der Waals surface area contributed by atoms with Crippen molar-refractivity contribution in [1.82, 2.24) is 19.4 Å². The number of carbonyl (C=O) groups excluding carboxylic acids is 1. The lowest BCUT2D eigenvalue weighted by atomic mass is 9.76. The topological polar surface area (TPSA) is 86.6 Å². The van der Waals surface area contributed by atoms with E-state index in [1.807, 2.05) is 11.8 Å². The molecular formula is C17H26N4O3S. The van der Waals surface area contributed by atoms with E-state index in [0.29, 0.717) is 30.8 Å². The molecule has 1 aromatic heterocycles. The van der Waals surface area contributed by atoms with E-state index in [9.17, 15) is 14.7 Å². The van der Waals surface area contributed by atoms with Crippen molar-refractivity contribution in [3.63, 3.8) is 0 Å². The van der Waals surface area contributed by atoms with Gasteiger partial charge in [-0.1, -0.05) is 18.3 Å². The van der Waals surface area contributed by atoms with Gasteiger partial charge in [-0.05, 0) is 55.6 Å². The van der Waals surface area contributed by atoms with E-state index >= 15 is 0 Å².